The Hall–Kier alpha value is -1.11. The Morgan fingerprint density at radius 2 is 1.87 bits per heavy atom. The first kappa shape index (κ1) is 10.4. The normalized spacial score (nSPS) is 41.6. The summed E-state index contributed by atoms with van der Waals surface area (Å²) in [6, 6.07) is 0. The molecule has 2 unspecified atom stereocenters. The third-order valence-electron chi connectivity index (χ3n) is 3.39. The van der Waals surface area contributed by atoms with Crippen molar-refractivity contribution in [2.45, 2.75) is 11.7 Å². The second-order valence-corrected chi connectivity index (χ2v) is 6.35. The highest BCUT2D eigenvalue weighted by Gasteiger charge is 2.64. The predicted molar refractivity (Wildman–Crippen MR) is 49.5 cm³/mol. The van der Waals surface area contributed by atoms with E-state index in [1.807, 2.05) is 0 Å². The average molecular weight is 233 g/mol. The van der Waals surface area contributed by atoms with Crippen molar-refractivity contribution in [1.82, 2.24) is 0 Å². The summed E-state index contributed by atoms with van der Waals surface area (Å²) in [7, 11) is -3.34. The van der Waals surface area contributed by atoms with Gasteiger partial charge < -0.3 is 10.8 Å². The van der Waals surface area contributed by atoms with Crippen LogP contribution in [0.15, 0.2) is 0 Å². The van der Waals surface area contributed by atoms with Crippen molar-refractivity contribution in [3.63, 3.8) is 0 Å². The van der Waals surface area contributed by atoms with E-state index in [-0.39, 0.29) is 11.7 Å². The maximum absolute atomic E-state index is 11.5. The molecule has 6 nitrogen and oxygen atoms in total. The Bertz CT molecular complexity index is 428. The number of carboxylic acid groups (broad SMARTS) is 1. The van der Waals surface area contributed by atoms with Crippen molar-refractivity contribution < 1.29 is 23.1 Å². The lowest BCUT2D eigenvalue weighted by Gasteiger charge is -2.42. The largest absolute Gasteiger partial charge is 0.481 e. The fourth-order valence-electron chi connectivity index (χ4n) is 2.75. The van der Waals surface area contributed by atoms with Crippen molar-refractivity contribution in [3.05, 3.63) is 0 Å². The van der Waals surface area contributed by atoms with Crippen LogP contribution in [0.3, 0.4) is 0 Å². The highest BCUT2D eigenvalue weighted by molar-refractivity contribution is 7.92. The van der Waals surface area contributed by atoms with E-state index in [9.17, 15) is 18.0 Å². The number of carbonyl (C=O) groups is 2. The smallest absolute Gasteiger partial charge is 0.308 e. The molecule has 3 N–H and O–H groups in total. The first-order valence-electron chi connectivity index (χ1n) is 4.60. The summed E-state index contributed by atoms with van der Waals surface area (Å²) in [6.07, 6.45) is 0.352. The first-order valence-corrected chi connectivity index (χ1v) is 6.31. The van der Waals surface area contributed by atoms with E-state index in [0.29, 0.717) is 6.42 Å². The van der Waals surface area contributed by atoms with Gasteiger partial charge in [-0.3, -0.25) is 9.59 Å². The molecule has 1 amide bonds. The summed E-state index contributed by atoms with van der Waals surface area (Å²) >= 11 is 0. The van der Waals surface area contributed by atoms with Crippen molar-refractivity contribution >= 4 is 21.7 Å². The number of hydrogen-bond donors (Lipinski definition) is 2. The summed E-state index contributed by atoms with van der Waals surface area (Å²) in [5, 5.41) is 7.96. The van der Waals surface area contributed by atoms with Crippen LogP contribution in [-0.4, -0.2) is 36.4 Å². The van der Waals surface area contributed by atoms with Gasteiger partial charge in [-0.1, -0.05) is 0 Å². The molecule has 0 radical (unpaired) electrons. The molecular weight excluding hydrogens is 222 g/mol. The molecule has 1 aliphatic heterocycles. The van der Waals surface area contributed by atoms with E-state index in [1.54, 1.807) is 0 Å². The van der Waals surface area contributed by atoms with Crippen LogP contribution >= 0.6 is 0 Å². The fourth-order valence-corrected chi connectivity index (χ4v) is 5.19. The Labute approximate surface area is 86.4 Å². The highest BCUT2D eigenvalue weighted by atomic mass is 32.2. The van der Waals surface area contributed by atoms with E-state index in [1.165, 1.54) is 0 Å². The third-order valence-corrected chi connectivity index (χ3v) is 5.67. The molecule has 7 heteroatoms. The number of fused-ring (bicyclic) bond motifs is 1. The standard InChI is InChI=1S/C8H11NO5S/c9-7(10)4-3-1-2-15(13,14)6(3)5(4)8(11)12/h3-6H,1-2H2,(H2,9,10)(H,11,12)/t3-,4?,5?,6-/m1/s1. The van der Waals surface area contributed by atoms with Gasteiger partial charge in [0.2, 0.25) is 5.91 Å². The Kier molecular flexibility index (Phi) is 2.04. The zero-order chi connectivity index (χ0) is 11.4. The molecule has 15 heavy (non-hydrogen) atoms. The van der Waals surface area contributed by atoms with Crippen LogP contribution in [0, 0.1) is 17.8 Å². The van der Waals surface area contributed by atoms with Crippen LogP contribution in [0.4, 0.5) is 0 Å². The van der Waals surface area contributed by atoms with Crippen molar-refractivity contribution in [3.8, 4) is 0 Å². The molecule has 2 aliphatic rings. The number of amides is 1. The molecule has 0 aromatic rings. The molecule has 84 valence electrons. The average Bonchev–Trinajstić information content (AvgIpc) is 2.20. The zero-order valence-corrected chi connectivity index (χ0v) is 8.61. The lowest BCUT2D eigenvalue weighted by atomic mass is 9.63. The van der Waals surface area contributed by atoms with Gasteiger partial charge in [-0.15, -0.1) is 0 Å². The van der Waals surface area contributed by atoms with Gasteiger partial charge in [0.25, 0.3) is 0 Å². The number of carbonyl (C=O) groups excluding carboxylic acids is 1. The number of nitrogens with two attached hydrogens (primary N) is 1. The first-order chi connectivity index (χ1) is 6.86. The Balaban J connectivity index is 2.35. The number of hydrogen-bond acceptors (Lipinski definition) is 4. The van der Waals surface area contributed by atoms with E-state index in [2.05, 4.69) is 0 Å². The molecular formula is C8H11NO5S. The monoisotopic (exact) mass is 233 g/mol. The maximum atomic E-state index is 11.5. The molecule has 0 spiro atoms. The van der Waals surface area contributed by atoms with Crippen molar-refractivity contribution in [2.24, 2.45) is 23.5 Å². The van der Waals surface area contributed by atoms with Gasteiger partial charge in [0.1, 0.15) is 0 Å². The molecule has 0 aromatic heterocycles. The minimum absolute atomic E-state index is 0.0319. The number of rotatable bonds is 2. The van der Waals surface area contributed by atoms with Crippen LogP contribution in [0.25, 0.3) is 0 Å². The lowest BCUT2D eigenvalue weighted by Crippen LogP contribution is -2.59. The number of aliphatic carboxylic acids is 1. The van der Waals surface area contributed by atoms with Crippen LogP contribution < -0.4 is 5.73 Å². The number of carboxylic acids is 1. The van der Waals surface area contributed by atoms with Crippen molar-refractivity contribution in [2.75, 3.05) is 5.75 Å². The van der Waals surface area contributed by atoms with Gasteiger partial charge in [0.15, 0.2) is 9.84 Å². The van der Waals surface area contributed by atoms with Gasteiger partial charge in [-0.2, -0.15) is 0 Å². The second-order valence-electron chi connectivity index (χ2n) is 4.08. The SMILES string of the molecule is NC(=O)C1C(C(=O)O)[C@H]2[C@@H]1CCS2(=O)=O. The molecule has 1 aliphatic carbocycles. The van der Waals surface area contributed by atoms with Crippen LogP contribution in [0.5, 0.6) is 0 Å². The van der Waals surface area contributed by atoms with Gasteiger partial charge >= 0.3 is 5.97 Å². The Morgan fingerprint density at radius 3 is 2.33 bits per heavy atom. The molecule has 4 atom stereocenters. The van der Waals surface area contributed by atoms with Crippen LogP contribution in [0.1, 0.15) is 6.42 Å². The van der Waals surface area contributed by atoms with Crippen molar-refractivity contribution in [1.29, 1.82) is 0 Å². The quantitative estimate of drug-likeness (QED) is 0.609. The lowest BCUT2D eigenvalue weighted by molar-refractivity contribution is -0.155. The maximum Gasteiger partial charge on any atom is 0.308 e. The predicted octanol–water partition coefficient (Wildman–Crippen LogP) is -1.39. The van der Waals surface area contributed by atoms with E-state index in [0.717, 1.165) is 0 Å². The van der Waals surface area contributed by atoms with Gasteiger partial charge in [0.05, 0.1) is 22.8 Å². The summed E-state index contributed by atoms with van der Waals surface area (Å²) in [6.45, 7) is 0. The molecule has 1 saturated heterocycles. The van der Waals surface area contributed by atoms with Gasteiger partial charge in [0, 0.05) is 0 Å². The second kappa shape index (κ2) is 2.94. The summed E-state index contributed by atoms with van der Waals surface area (Å²) in [5.74, 6) is -4.32. The minimum atomic E-state index is -3.34. The van der Waals surface area contributed by atoms with Crippen LogP contribution in [-0.2, 0) is 19.4 Å². The molecule has 1 heterocycles. The molecule has 1 saturated carbocycles. The topological polar surface area (TPSA) is 115 Å². The van der Waals surface area contributed by atoms with Gasteiger partial charge in [-0.25, -0.2) is 8.42 Å². The molecule has 0 aromatic carbocycles. The minimum Gasteiger partial charge on any atom is -0.481 e. The van der Waals surface area contributed by atoms with Crippen LogP contribution in [0.2, 0.25) is 0 Å². The summed E-state index contributed by atoms with van der Waals surface area (Å²) in [4.78, 5) is 21.9. The fraction of sp³-hybridized carbons (Fsp3) is 0.750. The van der Waals surface area contributed by atoms with E-state index < -0.39 is 38.8 Å². The Morgan fingerprint density at radius 1 is 1.27 bits per heavy atom. The molecule has 0 bridgehead atoms. The summed E-state index contributed by atoms with van der Waals surface area (Å²) in [5.41, 5.74) is 5.07. The number of sulfone groups is 1. The molecule has 2 fully saturated rings. The summed E-state index contributed by atoms with van der Waals surface area (Å²) < 4.78 is 23.0. The van der Waals surface area contributed by atoms with E-state index in [4.69, 9.17) is 10.8 Å². The highest BCUT2D eigenvalue weighted by Crippen LogP contribution is 2.51. The number of primary amides is 1. The van der Waals surface area contributed by atoms with E-state index >= 15 is 0 Å². The third kappa shape index (κ3) is 1.26. The van der Waals surface area contributed by atoms with Gasteiger partial charge in [-0.05, 0) is 12.3 Å². The molecule has 2 rings (SSSR count). The zero-order valence-electron chi connectivity index (χ0n) is 7.79.